The molecular weight excluding hydrogens is 420 g/mol. The van der Waals surface area contributed by atoms with Crippen molar-refractivity contribution in [1.82, 2.24) is 10.2 Å². The van der Waals surface area contributed by atoms with Crippen LogP contribution in [-0.2, 0) is 9.59 Å². The predicted octanol–water partition coefficient (Wildman–Crippen LogP) is 4.20. The number of carbonyl (C=O) groups excluding carboxylic acids is 1. The number of carbonyl (C=O) groups is 2. The lowest BCUT2D eigenvalue weighted by atomic mass is 9.82. The molecule has 1 aliphatic rings. The number of carboxylic acids is 1. The average molecular weight is 451 g/mol. The molecule has 33 heavy (non-hydrogen) atoms. The summed E-state index contributed by atoms with van der Waals surface area (Å²) >= 11 is 0. The van der Waals surface area contributed by atoms with Gasteiger partial charge in [-0.3, -0.25) is 14.5 Å². The van der Waals surface area contributed by atoms with E-state index in [4.69, 9.17) is 9.15 Å². The summed E-state index contributed by atoms with van der Waals surface area (Å²) in [5.41, 5.74) is 2.47. The smallest absolute Gasteiger partial charge is 0.309 e. The van der Waals surface area contributed by atoms with Crippen LogP contribution >= 0.6 is 0 Å². The number of nitrogens with zero attached hydrogens (tertiary/aromatic N) is 1. The molecule has 4 rings (SSSR count). The van der Waals surface area contributed by atoms with E-state index in [0.29, 0.717) is 12.3 Å². The Labute approximate surface area is 193 Å². The molecule has 7 heteroatoms. The van der Waals surface area contributed by atoms with Crippen molar-refractivity contribution in [2.24, 2.45) is 5.92 Å². The molecule has 1 saturated heterocycles. The minimum absolute atomic E-state index is 0.0620. The van der Waals surface area contributed by atoms with Crippen molar-refractivity contribution in [3.05, 3.63) is 65.9 Å². The van der Waals surface area contributed by atoms with Crippen molar-refractivity contribution in [3.8, 4) is 5.75 Å². The normalized spacial score (nSPS) is 21.7. The molecule has 1 fully saturated rings. The van der Waals surface area contributed by atoms with Gasteiger partial charge in [0, 0.05) is 29.9 Å². The summed E-state index contributed by atoms with van der Waals surface area (Å²) in [5, 5.41) is 14.3. The lowest BCUT2D eigenvalue weighted by molar-refractivity contribution is -0.143. The second-order valence-corrected chi connectivity index (χ2v) is 8.71. The van der Waals surface area contributed by atoms with Crippen LogP contribution in [0.3, 0.4) is 0 Å². The van der Waals surface area contributed by atoms with E-state index < -0.39 is 17.9 Å². The van der Waals surface area contributed by atoms with Crippen LogP contribution in [0.25, 0.3) is 11.0 Å². The highest BCUT2D eigenvalue weighted by molar-refractivity contribution is 5.80. The number of carboxylic acid groups (broad SMARTS) is 1. The number of nitrogens with one attached hydrogen (secondary N) is 1. The van der Waals surface area contributed by atoms with E-state index in [-0.39, 0.29) is 24.4 Å². The van der Waals surface area contributed by atoms with Crippen molar-refractivity contribution < 1.29 is 23.8 Å². The van der Waals surface area contributed by atoms with Crippen molar-refractivity contribution in [2.75, 3.05) is 20.2 Å². The predicted molar refractivity (Wildman–Crippen MR) is 125 cm³/mol. The van der Waals surface area contributed by atoms with Crippen LogP contribution in [0.4, 0.5) is 0 Å². The SMILES string of the molecule is CCC(C)NC(=O)CN1CC(c2ccc3ccoc3c2)C(C(=O)O)C1c1ccc(OC)cc1. The molecule has 0 spiro atoms. The molecule has 0 aliphatic carbocycles. The highest BCUT2D eigenvalue weighted by Crippen LogP contribution is 2.46. The number of amides is 1. The van der Waals surface area contributed by atoms with Crippen LogP contribution in [0.5, 0.6) is 5.75 Å². The van der Waals surface area contributed by atoms with Gasteiger partial charge in [0.2, 0.25) is 5.91 Å². The number of furan rings is 1. The highest BCUT2D eigenvalue weighted by atomic mass is 16.5. The zero-order valence-corrected chi connectivity index (χ0v) is 19.2. The Morgan fingerprint density at radius 2 is 1.91 bits per heavy atom. The fourth-order valence-electron chi connectivity index (χ4n) is 4.74. The number of hydrogen-bond acceptors (Lipinski definition) is 5. The third-order valence-corrected chi connectivity index (χ3v) is 6.62. The number of ether oxygens (including phenoxy) is 1. The minimum atomic E-state index is -0.884. The molecule has 1 amide bonds. The van der Waals surface area contributed by atoms with Crippen molar-refractivity contribution in [2.45, 2.75) is 38.3 Å². The Hall–Kier alpha value is -3.32. The molecule has 2 N–H and O–H groups in total. The highest BCUT2D eigenvalue weighted by Gasteiger charge is 2.47. The second-order valence-electron chi connectivity index (χ2n) is 8.71. The van der Waals surface area contributed by atoms with Gasteiger partial charge in [-0.15, -0.1) is 0 Å². The van der Waals surface area contributed by atoms with Gasteiger partial charge in [0.15, 0.2) is 0 Å². The molecule has 4 atom stereocenters. The van der Waals surface area contributed by atoms with Gasteiger partial charge in [0.25, 0.3) is 0 Å². The first kappa shape index (κ1) is 22.9. The van der Waals surface area contributed by atoms with Gasteiger partial charge in [-0.05, 0) is 48.7 Å². The first-order chi connectivity index (χ1) is 15.9. The Bertz CT molecular complexity index is 1120. The fourth-order valence-corrected chi connectivity index (χ4v) is 4.74. The van der Waals surface area contributed by atoms with E-state index in [0.717, 1.165) is 28.5 Å². The summed E-state index contributed by atoms with van der Waals surface area (Å²) in [6, 6.07) is 14.8. The molecule has 3 aromatic rings. The lowest BCUT2D eigenvalue weighted by Gasteiger charge is -2.27. The maximum atomic E-state index is 12.8. The van der Waals surface area contributed by atoms with E-state index in [1.54, 1.807) is 13.4 Å². The standard InChI is InChI=1S/C26H30N2O5/c1-4-16(2)27-23(29)15-28-14-21(19-6-5-17-11-12-33-22(17)13-19)24(26(30)31)25(28)18-7-9-20(32-3)10-8-18/h5-13,16,21,24-25H,4,14-15H2,1-3H3,(H,27,29)(H,30,31). The molecule has 0 saturated carbocycles. The molecule has 2 aromatic carbocycles. The Morgan fingerprint density at radius 1 is 1.18 bits per heavy atom. The monoisotopic (exact) mass is 450 g/mol. The van der Waals surface area contributed by atoms with Crippen molar-refractivity contribution in [3.63, 3.8) is 0 Å². The Balaban J connectivity index is 1.71. The summed E-state index contributed by atoms with van der Waals surface area (Å²) in [4.78, 5) is 27.3. The first-order valence-electron chi connectivity index (χ1n) is 11.3. The van der Waals surface area contributed by atoms with Crippen LogP contribution in [0, 0.1) is 5.92 Å². The van der Waals surface area contributed by atoms with E-state index >= 15 is 0 Å². The molecule has 7 nitrogen and oxygen atoms in total. The van der Waals surface area contributed by atoms with Gasteiger partial charge in [-0.2, -0.15) is 0 Å². The van der Waals surface area contributed by atoms with E-state index in [9.17, 15) is 14.7 Å². The summed E-state index contributed by atoms with van der Waals surface area (Å²) in [6.07, 6.45) is 2.46. The van der Waals surface area contributed by atoms with E-state index in [1.807, 2.05) is 67.3 Å². The van der Waals surface area contributed by atoms with Crippen LogP contribution in [0.15, 0.2) is 59.2 Å². The number of aliphatic carboxylic acids is 1. The summed E-state index contributed by atoms with van der Waals surface area (Å²) in [5.74, 6) is -1.30. The molecule has 4 unspecified atom stereocenters. The van der Waals surface area contributed by atoms with Crippen LogP contribution in [0.2, 0.25) is 0 Å². The number of hydrogen-bond donors (Lipinski definition) is 2. The number of likely N-dealkylation sites (tertiary alicyclic amines) is 1. The van der Waals surface area contributed by atoms with Gasteiger partial charge in [0.1, 0.15) is 11.3 Å². The summed E-state index contributed by atoms with van der Waals surface area (Å²) < 4.78 is 10.8. The largest absolute Gasteiger partial charge is 0.497 e. The van der Waals surface area contributed by atoms with Gasteiger partial charge in [-0.25, -0.2) is 0 Å². The maximum absolute atomic E-state index is 12.8. The van der Waals surface area contributed by atoms with E-state index in [2.05, 4.69) is 5.32 Å². The maximum Gasteiger partial charge on any atom is 0.309 e. The minimum Gasteiger partial charge on any atom is -0.497 e. The Morgan fingerprint density at radius 3 is 2.58 bits per heavy atom. The average Bonchev–Trinajstić information content (AvgIpc) is 3.43. The second kappa shape index (κ2) is 9.67. The lowest BCUT2D eigenvalue weighted by Crippen LogP contribution is -2.41. The van der Waals surface area contributed by atoms with Crippen LogP contribution in [-0.4, -0.2) is 48.1 Å². The number of fused-ring (bicyclic) bond motifs is 1. The van der Waals surface area contributed by atoms with Crippen LogP contribution < -0.4 is 10.1 Å². The van der Waals surface area contributed by atoms with Crippen molar-refractivity contribution >= 4 is 22.8 Å². The number of rotatable bonds is 8. The third-order valence-electron chi connectivity index (χ3n) is 6.62. The zero-order chi connectivity index (χ0) is 23.5. The summed E-state index contributed by atoms with van der Waals surface area (Å²) in [7, 11) is 1.59. The van der Waals surface area contributed by atoms with Gasteiger partial charge >= 0.3 is 5.97 Å². The molecular formula is C26H30N2O5. The topological polar surface area (TPSA) is 92.0 Å². The fraction of sp³-hybridized carbons (Fsp3) is 0.385. The quantitative estimate of drug-likeness (QED) is 0.535. The first-order valence-corrected chi connectivity index (χ1v) is 11.3. The molecule has 0 radical (unpaired) electrons. The number of benzene rings is 2. The third kappa shape index (κ3) is 4.73. The molecule has 1 aromatic heterocycles. The van der Waals surface area contributed by atoms with Gasteiger partial charge in [0.05, 0.1) is 25.8 Å². The molecule has 174 valence electrons. The molecule has 1 aliphatic heterocycles. The molecule has 2 heterocycles. The summed E-state index contributed by atoms with van der Waals surface area (Å²) in [6.45, 7) is 4.56. The number of methoxy groups -OCH3 is 1. The molecule has 0 bridgehead atoms. The van der Waals surface area contributed by atoms with E-state index in [1.165, 1.54) is 0 Å². The van der Waals surface area contributed by atoms with Gasteiger partial charge < -0.3 is 19.6 Å². The van der Waals surface area contributed by atoms with Crippen molar-refractivity contribution in [1.29, 1.82) is 0 Å². The van der Waals surface area contributed by atoms with Gasteiger partial charge in [-0.1, -0.05) is 31.2 Å². The zero-order valence-electron chi connectivity index (χ0n) is 19.2. The van der Waals surface area contributed by atoms with Crippen LogP contribution in [0.1, 0.15) is 43.4 Å². The Kier molecular flexibility index (Phi) is 6.70.